The molecule has 1 heterocycles. The van der Waals surface area contributed by atoms with Crippen LogP contribution in [0.25, 0.3) is 0 Å². The van der Waals surface area contributed by atoms with Gasteiger partial charge < -0.3 is 10.2 Å². The molecule has 3 nitrogen and oxygen atoms in total. The molecule has 0 unspecified atom stereocenters. The summed E-state index contributed by atoms with van der Waals surface area (Å²) in [5.74, 6) is -0.156. The molecule has 1 N–H and O–H groups in total. The first kappa shape index (κ1) is 19.1. The Morgan fingerprint density at radius 3 is 2.36 bits per heavy atom. The largest absolute Gasteiger partial charge is 0.366 e. The third kappa shape index (κ3) is 6.07. The van der Waals surface area contributed by atoms with E-state index in [2.05, 4.69) is 15.1 Å². The van der Waals surface area contributed by atoms with Crippen LogP contribution in [0.1, 0.15) is 18.4 Å². The zero-order chi connectivity index (χ0) is 15.1. The molecule has 1 aliphatic rings. The lowest BCUT2D eigenvalue weighted by atomic mass is 10.1. The Balaban J connectivity index is 0.00000242. The average Bonchev–Trinajstić information content (AvgIpc) is 2.53. The number of thiocarbonyl (C=S) groups is 1. The normalized spacial score (nSPS) is 15.3. The molecule has 0 aliphatic carbocycles. The van der Waals surface area contributed by atoms with Gasteiger partial charge in [0.1, 0.15) is 5.82 Å². The molecule has 1 fully saturated rings. The summed E-state index contributed by atoms with van der Waals surface area (Å²) < 4.78 is 12.8. The fourth-order valence-corrected chi connectivity index (χ4v) is 2.83. The maximum atomic E-state index is 12.8. The highest BCUT2D eigenvalue weighted by Gasteiger charge is 2.17. The fraction of sp³-hybridized carbons (Fsp3) is 0.562. The van der Waals surface area contributed by atoms with Crippen LogP contribution >= 0.6 is 24.6 Å². The van der Waals surface area contributed by atoms with Crippen LogP contribution in [0, 0.1) is 5.82 Å². The van der Waals surface area contributed by atoms with Crippen molar-refractivity contribution in [2.45, 2.75) is 19.3 Å². The molecular weight excluding hydrogens is 321 g/mol. The first-order valence-electron chi connectivity index (χ1n) is 7.62. The predicted molar refractivity (Wildman–Crippen MR) is 96.3 cm³/mol. The number of hydrogen-bond acceptors (Lipinski definition) is 2. The summed E-state index contributed by atoms with van der Waals surface area (Å²) in [7, 11) is 1.88. The monoisotopic (exact) mass is 345 g/mol. The molecule has 1 aliphatic heterocycles. The summed E-state index contributed by atoms with van der Waals surface area (Å²) in [4.78, 5) is 4.73. The van der Waals surface area contributed by atoms with Crippen molar-refractivity contribution in [1.82, 2.24) is 15.1 Å². The molecule has 1 saturated heterocycles. The molecule has 0 amide bonds. The van der Waals surface area contributed by atoms with Gasteiger partial charge in [0.15, 0.2) is 5.11 Å². The van der Waals surface area contributed by atoms with Crippen LogP contribution in [0.3, 0.4) is 0 Å². The van der Waals surface area contributed by atoms with Gasteiger partial charge in [-0.1, -0.05) is 12.1 Å². The lowest BCUT2D eigenvalue weighted by Crippen LogP contribution is -2.51. The Morgan fingerprint density at radius 1 is 1.14 bits per heavy atom. The van der Waals surface area contributed by atoms with E-state index in [-0.39, 0.29) is 18.2 Å². The minimum absolute atomic E-state index is 0. The van der Waals surface area contributed by atoms with E-state index in [1.165, 1.54) is 12.0 Å². The topological polar surface area (TPSA) is 18.5 Å². The van der Waals surface area contributed by atoms with Gasteiger partial charge in [-0.3, -0.25) is 4.90 Å². The number of benzene rings is 1. The summed E-state index contributed by atoms with van der Waals surface area (Å²) >= 11 is 5.25. The highest BCUT2D eigenvalue weighted by molar-refractivity contribution is 7.80. The van der Waals surface area contributed by atoms with Crippen molar-refractivity contribution in [3.05, 3.63) is 35.6 Å². The molecule has 0 spiro atoms. The number of nitrogens with one attached hydrogen (secondary N) is 1. The van der Waals surface area contributed by atoms with Gasteiger partial charge in [-0.25, -0.2) is 4.39 Å². The summed E-state index contributed by atoms with van der Waals surface area (Å²) in [6.45, 7) is 5.33. The van der Waals surface area contributed by atoms with Crippen molar-refractivity contribution in [1.29, 1.82) is 0 Å². The van der Waals surface area contributed by atoms with Crippen LogP contribution in [0.4, 0.5) is 4.39 Å². The standard InChI is InChI=1S/C16H24FN3S.ClH/c1-18-16(21)20-12-10-19(11-13-20)9-3-2-4-14-5-7-15(17)8-6-14;/h5-8H,2-4,9-13H2,1H3,(H,18,21);1H. The van der Waals surface area contributed by atoms with Gasteiger partial charge in [-0.05, 0) is 55.7 Å². The molecular formula is C16H25ClFN3S. The maximum absolute atomic E-state index is 12.8. The smallest absolute Gasteiger partial charge is 0.168 e. The van der Waals surface area contributed by atoms with E-state index in [1.807, 2.05) is 19.2 Å². The van der Waals surface area contributed by atoms with E-state index in [9.17, 15) is 4.39 Å². The molecule has 0 bridgehead atoms. The van der Waals surface area contributed by atoms with Crippen molar-refractivity contribution in [3.8, 4) is 0 Å². The second kappa shape index (κ2) is 9.98. The Labute approximate surface area is 144 Å². The SMILES string of the molecule is CNC(=S)N1CCN(CCCCc2ccc(F)cc2)CC1.Cl. The minimum atomic E-state index is -0.156. The second-order valence-electron chi connectivity index (χ2n) is 5.47. The highest BCUT2D eigenvalue weighted by Crippen LogP contribution is 2.09. The first-order chi connectivity index (χ1) is 10.2. The quantitative estimate of drug-likeness (QED) is 0.653. The molecule has 0 radical (unpaired) electrons. The second-order valence-corrected chi connectivity index (χ2v) is 5.85. The van der Waals surface area contributed by atoms with Crippen molar-refractivity contribution in [3.63, 3.8) is 0 Å². The predicted octanol–water partition coefficient (Wildman–Crippen LogP) is 2.69. The first-order valence-corrected chi connectivity index (χ1v) is 8.03. The van der Waals surface area contributed by atoms with Gasteiger partial charge in [0, 0.05) is 33.2 Å². The summed E-state index contributed by atoms with van der Waals surface area (Å²) in [5.41, 5.74) is 1.22. The van der Waals surface area contributed by atoms with Crippen molar-refractivity contribution in [2.24, 2.45) is 0 Å². The minimum Gasteiger partial charge on any atom is -0.366 e. The maximum Gasteiger partial charge on any atom is 0.168 e. The Kier molecular flexibility index (Phi) is 8.68. The van der Waals surface area contributed by atoms with Gasteiger partial charge in [-0.2, -0.15) is 0 Å². The molecule has 0 saturated carbocycles. The summed E-state index contributed by atoms with van der Waals surface area (Å²) in [6, 6.07) is 6.85. The molecule has 2 rings (SSSR count). The van der Waals surface area contributed by atoms with E-state index in [0.29, 0.717) is 0 Å². The zero-order valence-electron chi connectivity index (χ0n) is 13.1. The molecule has 124 valence electrons. The van der Waals surface area contributed by atoms with Crippen LogP contribution in [0.2, 0.25) is 0 Å². The Bertz CT molecular complexity index is 447. The lowest BCUT2D eigenvalue weighted by Gasteiger charge is -2.35. The third-order valence-electron chi connectivity index (χ3n) is 3.98. The van der Waals surface area contributed by atoms with E-state index in [4.69, 9.17) is 12.2 Å². The van der Waals surface area contributed by atoms with Crippen LogP contribution in [-0.2, 0) is 6.42 Å². The molecule has 0 atom stereocenters. The number of rotatable bonds is 5. The number of hydrogen-bond donors (Lipinski definition) is 1. The van der Waals surface area contributed by atoms with Gasteiger partial charge in [0.05, 0.1) is 0 Å². The van der Waals surface area contributed by atoms with Crippen LogP contribution in [0.5, 0.6) is 0 Å². The van der Waals surface area contributed by atoms with Gasteiger partial charge in [0.2, 0.25) is 0 Å². The summed E-state index contributed by atoms with van der Waals surface area (Å²) in [5, 5.41) is 3.89. The third-order valence-corrected chi connectivity index (χ3v) is 4.44. The van der Waals surface area contributed by atoms with E-state index in [0.717, 1.165) is 50.7 Å². The number of halogens is 2. The van der Waals surface area contributed by atoms with Gasteiger partial charge in [0.25, 0.3) is 0 Å². The fourth-order valence-electron chi connectivity index (χ4n) is 2.65. The zero-order valence-corrected chi connectivity index (χ0v) is 14.7. The van der Waals surface area contributed by atoms with E-state index < -0.39 is 0 Å². The summed E-state index contributed by atoms with van der Waals surface area (Å²) in [6.07, 6.45) is 3.37. The van der Waals surface area contributed by atoms with Crippen LogP contribution in [0.15, 0.2) is 24.3 Å². The number of nitrogens with zero attached hydrogens (tertiary/aromatic N) is 2. The Hall–Kier alpha value is -0.910. The molecule has 1 aromatic carbocycles. The highest BCUT2D eigenvalue weighted by atomic mass is 35.5. The van der Waals surface area contributed by atoms with Crippen molar-refractivity contribution in [2.75, 3.05) is 39.8 Å². The Morgan fingerprint density at radius 2 is 1.77 bits per heavy atom. The average molecular weight is 346 g/mol. The van der Waals surface area contributed by atoms with E-state index >= 15 is 0 Å². The van der Waals surface area contributed by atoms with Crippen LogP contribution < -0.4 is 5.32 Å². The van der Waals surface area contributed by atoms with E-state index in [1.54, 1.807) is 12.1 Å². The molecule has 22 heavy (non-hydrogen) atoms. The molecule has 1 aromatic rings. The number of piperazine rings is 1. The number of unbranched alkanes of at least 4 members (excludes halogenated alkanes) is 1. The van der Waals surface area contributed by atoms with Gasteiger partial charge in [-0.15, -0.1) is 12.4 Å². The van der Waals surface area contributed by atoms with Gasteiger partial charge >= 0.3 is 0 Å². The molecule has 0 aromatic heterocycles. The van der Waals surface area contributed by atoms with Crippen molar-refractivity contribution < 1.29 is 4.39 Å². The lowest BCUT2D eigenvalue weighted by molar-refractivity contribution is 0.179. The van der Waals surface area contributed by atoms with Crippen LogP contribution in [-0.4, -0.2) is 54.7 Å². The number of aryl methyl sites for hydroxylation is 1. The van der Waals surface area contributed by atoms with Crippen molar-refractivity contribution >= 4 is 29.7 Å². The molecule has 6 heteroatoms.